The van der Waals surface area contributed by atoms with Crippen LogP contribution in [0.3, 0.4) is 0 Å². The zero-order valence-electron chi connectivity index (χ0n) is 15.4. The highest BCUT2D eigenvalue weighted by Crippen LogP contribution is 2.33. The van der Waals surface area contributed by atoms with E-state index >= 15 is 0 Å². The van der Waals surface area contributed by atoms with Crippen molar-refractivity contribution in [2.75, 3.05) is 23.4 Å². The number of carbonyl (C=O) groups is 1. The number of fused-ring (bicyclic) bond motifs is 1. The highest BCUT2D eigenvalue weighted by Gasteiger charge is 2.27. The summed E-state index contributed by atoms with van der Waals surface area (Å²) in [5, 5.41) is 12.8. The van der Waals surface area contributed by atoms with Gasteiger partial charge in [-0.2, -0.15) is 0 Å². The monoisotopic (exact) mass is 376 g/mol. The van der Waals surface area contributed by atoms with Crippen LogP contribution in [-0.2, 0) is 4.79 Å². The number of ether oxygens (including phenoxy) is 1. The maximum absolute atomic E-state index is 12.3. The molecule has 1 atom stereocenters. The number of aliphatic hydroxyl groups is 1. The minimum atomic E-state index is -1.09. The number of nitrogens with one attached hydrogen (secondary N) is 1. The van der Waals surface area contributed by atoms with E-state index in [1.165, 1.54) is 11.8 Å². The first-order chi connectivity index (χ1) is 13.6. The Morgan fingerprint density at radius 2 is 1.96 bits per heavy atom. The van der Waals surface area contributed by atoms with Gasteiger partial charge in [-0.1, -0.05) is 30.3 Å². The molecule has 1 aromatic carbocycles. The molecular weight excluding hydrogens is 356 g/mol. The second-order valence-electron chi connectivity index (χ2n) is 6.49. The molecule has 0 radical (unpaired) electrons. The van der Waals surface area contributed by atoms with Crippen LogP contribution in [0, 0.1) is 0 Å². The summed E-state index contributed by atoms with van der Waals surface area (Å²) in [4.78, 5) is 22.5. The van der Waals surface area contributed by atoms with Gasteiger partial charge in [0.05, 0.1) is 18.4 Å². The Balaban J connectivity index is 1.56. The molecule has 1 aliphatic heterocycles. The first-order valence-corrected chi connectivity index (χ1v) is 9.02. The number of hydrogen-bond donors (Lipinski definition) is 2. The molecule has 7 heteroatoms. The Bertz CT molecular complexity index is 975. The summed E-state index contributed by atoms with van der Waals surface area (Å²) in [6.07, 6.45) is 2.34. The smallest absolute Gasteiger partial charge is 0.255 e. The Hall–Kier alpha value is -3.45. The summed E-state index contributed by atoms with van der Waals surface area (Å²) in [6.45, 7) is 2.16. The number of carbonyl (C=O) groups excluding carboxylic acids is 1. The molecule has 1 amide bonds. The van der Waals surface area contributed by atoms with Gasteiger partial charge in [-0.3, -0.25) is 4.79 Å². The summed E-state index contributed by atoms with van der Waals surface area (Å²) in [5.74, 6) is 0.651. The molecule has 0 bridgehead atoms. The largest absolute Gasteiger partial charge is 0.474 e. The van der Waals surface area contributed by atoms with Gasteiger partial charge in [0.1, 0.15) is 24.2 Å². The van der Waals surface area contributed by atoms with Crippen LogP contribution in [0.5, 0.6) is 5.88 Å². The van der Waals surface area contributed by atoms with E-state index in [9.17, 15) is 9.90 Å². The minimum absolute atomic E-state index is 0.341. The Morgan fingerprint density at radius 1 is 1.14 bits per heavy atom. The molecule has 0 saturated heterocycles. The Kier molecular flexibility index (Phi) is 4.90. The third-order valence-corrected chi connectivity index (χ3v) is 4.44. The number of rotatable bonds is 4. The summed E-state index contributed by atoms with van der Waals surface area (Å²) < 4.78 is 5.52. The van der Waals surface area contributed by atoms with E-state index in [2.05, 4.69) is 15.3 Å². The summed E-state index contributed by atoms with van der Waals surface area (Å²) in [7, 11) is 0. The second-order valence-corrected chi connectivity index (χ2v) is 6.49. The zero-order chi connectivity index (χ0) is 19.5. The molecule has 4 rings (SSSR count). The lowest BCUT2D eigenvalue weighted by Gasteiger charge is -2.29. The molecule has 3 aromatic rings. The number of pyridine rings is 2. The minimum Gasteiger partial charge on any atom is -0.474 e. The van der Waals surface area contributed by atoms with Gasteiger partial charge in [0.15, 0.2) is 0 Å². The van der Waals surface area contributed by atoms with E-state index in [4.69, 9.17) is 4.74 Å². The lowest BCUT2D eigenvalue weighted by atomic mass is 10.1. The van der Waals surface area contributed by atoms with Gasteiger partial charge in [-0.05, 0) is 30.7 Å². The molecule has 1 unspecified atom stereocenters. The van der Waals surface area contributed by atoms with Crippen LogP contribution in [0.25, 0.3) is 11.1 Å². The second kappa shape index (κ2) is 7.66. The maximum atomic E-state index is 12.3. The van der Waals surface area contributed by atoms with Crippen LogP contribution >= 0.6 is 0 Å². The average molecular weight is 376 g/mol. The summed E-state index contributed by atoms with van der Waals surface area (Å²) in [5.41, 5.74) is 3.33. The van der Waals surface area contributed by atoms with Crippen LogP contribution < -0.4 is 15.0 Å². The van der Waals surface area contributed by atoms with E-state index in [-0.39, 0.29) is 5.91 Å². The number of hydrogen-bond acceptors (Lipinski definition) is 6. The molecule has 3 heterocycles. The molecule has 2 aromatic heterocycles. The van der Waals surface area contributed by atoms with Crippen molar-refractivity contribution in [3.63, 3.8) is 0 Å². The third kappa shape index (κ3) is 3.65. The predicted octanol–water partition coefficient (Wildman–Crippen LogP) is 2.99. The van der Waals surface area contributed by atoms with E-state index in [1.54, 1.807) is 18.5 Å². The summed E-state index contributed by atoms with van der Waals surface area (Å²) >= 11 is 0. The van der Waals surface area contributed by atoms with Crippen molar-refractivity contribution < 1.29 is 14.6 Å². The van der Waals surface area contributed by atoms with Crippen LogP contribution in [-0.4, -0.2) is 40.2 Å². The molecule has 28 heavy (non-hydrogen) atoms. The van der Waals surface area contributed by atoms with E-state index in [0.29, 0.717) is 36.2 Å². The lowest BCUT2D eigenvalue weighted by Crippen LogP contribution is -2.43. The highest BCUT2D eigenvalue weighted by molar-refractivity contribution is 5.98. The van der Waals surface area contributed by atoms with Crippen molar-refractivity contribution in [1.82, 2.24) is 9.97 Å². The molecular formula is C21H20N4O3. The van der Waals surface area contributed by atoms with E-state index in [1.807, 2.05) is 42.5 Å². The van der Waals surface area contributed by atoms with Crippen molar-refractivity contribution >= 4 is 23.1 Å². The van der Waals surface area contributed by atoms with Crippen LogP contribution in [0.1, 0.15) is 6.92 Å². The van der Waals surface area contributed by atoms with Crippen LogP contribution in [0.4, 0.5) is 17.2 Å². The standard InChI is InChI=1S/C21H20N4O3/c1-14(26)21(27)25-9-10-28-20-18(25)11-17(13-23-20)24-19-8-7-16(12-22-19)15-5-3-2-4-6-15/h2-8,11-14,26H,9-10H2,1H3,(H,22,24). The van der Waals surface area contributed by atoms with Crippen molar-refractivity contribution in [3.8, 4) is 17.0 Å². The SMILES string of the molecule is CC(O)C(=O)N1CCOc2ncc(Nc3ccc(-c4ccccc4)cn3)cc21. The van der Waals surface area contributed by atoms with Crippen molar-refractivity contribution in [3.05, 3.63) is 60.9 Å². The molecule has 142 valence electrons. The zero-order valence-corrected chi connectivity index (χ0v) is 15.4. The van der Waals surface area contributed by atoms with Crippen molar-refractivity contribution in [2.24, 2.45) is 0 Å². The summed E-state index contributed by atoms with van der Waals surface area (Å²) in [6, 6.07) is 15.7. The topological polar surface area (TPSA) is 87.6 Å². The first-order valence-electron chi connectivity index (χ1n) is 9.02. The molecule has 0 aliphatic carbocycles. The van der Waals surface area contributed by atoms with Gasteiger partial charge >= 0.3 is 0 Å². The fraction of sp³-hybridized carbons (Fsp3) is 0.190. The van der Waals surface area contributed by atoms with Gasteiger partial charge in [0.25, 0.3) is 5.91 Å². The highest BCUT2D eigenvalue weighted by atomic mass is 16.5. The quantitative estimate of drug-likeness (QED) is 0.728. The number of benzene rings is 1. The fourth-order valence-electron chi connectivity index (χ4n) is 3.04. The fourth-order valence-corrected chi connectivity index (χ4v) is 3.04. The molecule has 7 nitrogen and oxygen atoms in total. The Morgan fingerprint density at radius 3 is 2.68 bits per heavy atom. The molecule has 0 spiro atoms. The van der Waals surface area contributed by atoms with Crippen LogP contribution in [0.15, 0.2) is 60.9 Å². The van der Waals surface area contributed by atoms with Gasteiger partial charge in [0.2, 0.25) is 5.88 Å². The third-order valence-electron chi connectivity index (χ3n) is 4.44. The van der Waals surface area contributed by atoms with E-state index in [0.717, 1.165) is 11.1 Å². The number of amides is 1. The number of nitrogens with zero attached hydrogens (tertiary/aromatic N) is 3. The van der Waals surface area contributed by atoms with E-state index < -0.39 is 6.10 Å². The maximum Gasteiger partial charge on any atom is 0.255 e. The Labute approximate surface area is 162 Å². The molecule has 0 fully saturated rings. The van der Waals surface area contributed by atoms with Crippen molar-refractivity contribution in [1.29, 1.82) is 0 Å². The van der Waals surface area contributed by atoms with Gasteiger partial charge in [0, 0.05) is 11.8 Å². The first kappa shape index (κ1) is 17.9. The normalized spacial score (nSPS) is 14.0. The molecule has 1 aliphatic rings. The van der Waals surface area contributed by atoms with Gasteiger partial charge in [-0.25, -0.2) is 9.97 Å². The lowest BCUT2D eigenvalue weighted by molar-refractivity contribution is -0.126. The number of anilines is 3. The predicted molar refractivity (Wildman–Crippen MR) is 107 cm³/mol. The van der Waals surface area contributed by atoms with Gasteiger partial charge in [-0.15, -0.1) is 0 Å². The van der Waals surface area contributed by atoms with Crippen molar-refractivity contribution in [2.45, 2.75) is 13.0 Å². The number of aromatic nitrogens is 2. The van der Waals surface area contributed by atoms with Gasteiger partial charge < -0.3 is 20.1 Å². The average Bonchev–Trinajstić information content (AvgIpc) is 2.74. The van der Waals surface area contributed by atoms with Crippen LogP contribution in [0.2, 0.25) is 0 Å². The number of aliphatic hydroxyl groups excluding tert-OH is 1. The molecule has 2 N–H and O–H groups in total. The molecule has 0 saturated carbocycles.